The van der Waals surface area contributed by atoms with E-state index in [-0.39, 0.29) is 0 Å². The third kappa shape index (κ3) is 2.70. The molecule has 0 heterocycles. The van der Waals surface area contributed by atoms with Gasteiger partial charge in [0.2, 0.25) is 0 Å². The summed E-state index contributed by atoms with van der Waals surface area (Å²) in [4.78, 5) is 11.4. The topological polar surface area (TPSA) is 43.1 Å². The number of hydrogen-bond acceptors (Lipinski definition) is 2. The summed E-state index contributed by atoms with van der Waals surface area (Å²) in [5, 5.41) is 0. The maximum atomic E-state index is 11.4. The van der Waals surface area contributed by atoms with Gasteiger partial charge in [0.15, 0.2) is 0 Å². The van der Waals surface area contributed by atoms with Gasteiger partial charge in [0.1, 0.15) is 5.78 Å². The van der Waals surface area contributed by atoms with Gasteiger partial charge in [0, 0.05) is 19.4 Å². The quantitative estimate of drug-likeness (QED) is 0.774. The Morgan fingerprint density at radius 2 is 2.12 bits per heavy atom. The van der Waals surface area contributed by atoms with E-state index in [1.54, 1.807) is 0 Å². The molecule has 1 saturated carbocycles. The summed E-state index contributed by atoms with van der Waals surface area (Å²) in [6.07, 6.45) is 4.70. The molecule has 2 heteroatoms. The SMILES string of the molecule is NCc1cccc(C2CCCC(=O)CC2)c1. The number of ketones is 1. The first kappa shape index (κ1) is 11.3. The van der Waals surface area contributed by atoms with Gasteiger partial charge in [-0.1, -0.05) is 24.3 Å². The molecule has 0 saturated heterocycles. The normalized spacial score (nSPS) is 21.8. The van der Waals surface area contributed by atoms with Crippen molar-refractivity contribution in [1.29, 1.82) is 0 Å². The second-order valence-corrected chi connectivity index (χ2v) is 4.62. The Morgan fingerprint density at radius 1 is 1.25 bits per heavy atom. The van der Waals surface area contributed by atoms with Gasteiger partial charge in [0.05, 0.1) is 0 Å². The van der Waals surface area contributed by atoms with Crippen LogP contribution in [0.15, 0.2) is 24.3 Å². The average molecular weight is 217 g/mol. The highest BCUT2D eigenvalue weighted by Crippen LogP contribution is 2.30. The second-order valence-electron chi connectivity index (χ2n) is 4.62. The van der Waals surface area contributed by atoms with Gasteiger partial charge in [-0.25, -0.2) is 0 Å². The number of benzene rings is 1. The molecule has 1 fully saturated rings. The van der Waals surface area contributed by atoms with E-state index in [1.807, 2.05) is 0 Å². The van der Waals surface area contributed by atoms with E-state index < -0.39 is 0 Å². The minimum absolute atomic E-state index is 0.428. The van der Waals surface area contributed by atoms with E-state index in [2.05, 4.69) is 24.3 Å². The molecule has 0 radical (unpaired) electrons. The average Bonchev–Trinajstić information content (AvgIpc) is 2.54. The molecule has 0 amide bonds. The van der Waals surface area contributed by atoms with Crippen molar-refractivity contribution in [2.45, 2.75) is 44.6 Å². The van der Waals surface area contributed by atoms with Gasteiger partial charge in [-0.05, 0) is 36.3 Å². The van der Waals surface area contributed by atoms with Crippen LogP contribution in [0.1, 0.15) is 49.1 Å². The summed E-state index contributed by atoms with van der Waals surface area (Å²) >= 11 is 0. The molecule has 0 aromatic heterocycles. The van der Waals surface area contributed by atoms with Crippen LogP contribution in [-0.2, 0) is 11.3 Å². The van der Waals surface area contributed by atoms with Crippen LogP contribution in [0.2, 0.25) is 0 Å². The minimum atomic E-state index is 0.428. The molecule has 2 nitrogen and oxygen atoms in total. The number of nitrogens with two attached hydrogens (primary N) is 1. The van der Waals surface area contributed by atoms with Crippen molar-refractivity contribution in [2.75, 3.05) is 0 Å². The third-order valence-corrected chi connectivity index (χ3v) is 3.44. The lowest BCUT2D eigenvalue weighted by molar-refractivity contribution is -0.118. The van der Waals surface area contributed by atoms with Crippen LogP contribution in [0, 0.1) is 0 Å². The van der Waals surface area contributed by atoms with Crippen molar-refractivity contribution in [2.24, 2.45) is 5.73 Å². The van der Waals surface area contributed by atoms with E-state index in [0.717, 1.165) is 32.1 Å². The number of rotatable bonds is 2. The molecule has 0 bridgehead atoms. The summed E-state index contributed by atoms with van der Waals surface area (Å²) in [6.45, 7) is 0.597. The molecule has 2 rings (SSSR count). The Morgan fingerprint density at radius 3 is 2.94 bits per heavy atom. The van der Waals surface area contributed by atoms with E-state index in [4.69, 9.17) is 5.73 Å². The number of hydrogen-bond donors (Lipinski definition) is 1. The maximum absolute atomic E-state index is 11.4. The van der Waals surface area contributed by atoms with E-state index in [9.17, 15) is 4.79 Å². The molecule has 1 unspecified atom stereocenters. The van der Waals surface area contributed by atoms with Crippen molar-refractivity contribution >= 4 is 5.78 Å². The molecular formula is C14H19NO. The highest BCUT2D eigenvalue weighted by atomic mass is 16.1. The van der Waals surface area contributed by atoms with Gasteiger partial charge >= 0.3 is 0 Å². The van der Waals surface area contributed by atoms with Crippen LogP contribution in [0.25, 0.3) is 0 Å². The highest BCUT2D eigenvalue weighted by molar-refractivity contribution is 5.78. The summed E-state index contributed by atoms with van der Waals surface area (Å²) in [6, 6.07) is 8.50. The molecule has 1 aromatic carbocycles. The number of Topliss-reactive ketones (excluding diaryl/α,β-unsaturated/α-hetero) is 1. The molecule has 0 aliphatic heterocycles. The fourth-order valence-electron chi connectivity index (χ4n) is 2.46. The molecule has 2 N–H and O–H groups in total. The van der Waals surface area contributed by atoms with Crippen LogP contribution in [0.5, 0.6) is 0 Å². The minimum Gasteiger partial charge on any atom is -0.326 e. The fourth-order valence-corrected chi connectivity index (χ4v) is 2.46. The Labute approximate surface area is 96.8 Å². The summed E-state index contributed by atoms with van der Waals surface area (Å²) in [7, 11) is 0. The first-order valence-electron chi connectivity index (χ1n) is 6.10. The molecule has 1 aliphatic carbocycles. The number of carbonyl (C=O) groups excluding carboxylic acids is 1. The third-order valence-electron chi connectivity index (χ3n) is 3.44. The predicted molar refractivity (Wildman–Crippen MR) is 65.2 cm³/mol. The van der Waals surface area contributed by atoms with E-state index in [1.165, 1.54) is 11.1 Å². The van der Waals surface area contributed by atoms with Gasteiger partial charge in [-0.15, -0.1) is 0 Å². The van der Waals surface area contributed by atoms with Crippen molar-refractivity contribution in [1.82, 2.24) is 0 Å². The van der Waals surface area contributed by atoms with Gasteiger partial charge in [0.25, 0.3) is 0 Å². The van der Waals surface area contributed by atoms with Crippen molar-refractivity contribution in [3.05, 3.63) is 35.4 Å². The second kappa shape index (κ2) is 5.26. The first-order chi connectivity index (χ1) is 7.79. The lowest BCUT2D eigenvalue weighted by Gasteiger charge is -2.14. The van der Waals surface area contributed by atoms with Crippen LogP contribution < -0.4 is 5.73 Å². The van der Waals surface area contributed by atoms with Crippen LogP contribution >= 0.6 is 0 Å². The zero-order chi connectivity index (χ0) is 11.4. The summed E-state index contributed by atoms with van der Waals surface area (Å²) in [5.74, 6) is 0.982. The van der Waals surface area contributed by atoms with E-state index >= 15 is 0 Å². The smallest absolute Gasteiger partial charge is 0.132 e. The molecule has 16 heavy (non-hydrogen) atoms. The van der Waals surface area contributed by atoms with E-state index in [0.29, 0.717) is 18.2 Å². The summed E-state index contributed by atoms with van der Waals surface area (Å²) < 4.78 is 0. The van der Waals surface area contributed by atoms with Gasteiger partial charge < -0.3 is 5.73 Å². The molecule has 1 aromatic rings. The Kier molecular flexibility index (Phi) is 3.73. The Bertz CT molecular complexity index is 373. The molecule has 86 valence electrons. The maximum Gasteiger partial charge on any atom is 0.132 e. The molecule has 1 atom stereocenters. The molecular weight excluding hydrogens is 198 g/mol. The fraction of sp³-hybridized carbons (Fsp3) is 0.500. The predicted octanol–water partition coefficient (Wildman–Crippen LogP) is 2.76. The first-order valence-corrected chi connectivity index (χ1v) is 6.10. The van der Waals surface area contributed by atoms with Crippen molar-refractivity contribution < 1.29 is 4.79 Å². The van der Waals surface area contributed by atoms with Crippen LogP contribution in [0.3, 0.4) is 0 Å². The van der Waals surface area contributed by atoms with Crippen molar-refractivity contribution in [3.63, 3.8) is 0 Å². The van der Waals surface area contributed by atoms with Gasteiger partial charge in [-0.2, -0.15) is 0 Å². The van der Waals surface area contributed by atoms with Crippen LogP contribution in [0.4, 0.5) is 0 Å². The van der Waals surface area contributed by atoms with Crippen molar-refractivity contribution in [3.8, 4) is 0 Å². The largest absolute Gasteiger partial charge is 0.326 e. The van der Waals surface area contributed by atoms with Crippen LogP contribution in [-0.4, -0.2) is 5.78 Å². The highest BCUT2D eigenvalue weighted by Gasteiger charge is 2.17. The molecule has 0 spiro atoms. The standard InChI is InChI=1S/C14H19NO/c15-10-11-3-1-5-13(9-11)12-4-2-6-14(16)8-7-12/h1,3,5,9,12H,2,4,6-8,10,15H2. The lowest BCUT2D eigenvalue weighted by Crippen LogP contribution is -2.01. The van der Waals surface area contributed by atoms with Gasteiger partial charge in [-0.3, -0.25) is 4.79 Å². The monoisotopic (exact) mass is 217 g/mol. The molecule has 1 aliphatic rings. The lowest BCUT2D eigenvalue weighted by atomic mass is 9.91. The number of carbonyl (C=O) groups is 1. The Hall–Kier alpha value is -1.15. The zero-order valence-corrected chi connectivity index (χ0v) is 9.61. The zero-order valence-electron chi connectivity index (χ0n) is 9.61. The summed E-state index contributed by atoms with van der Waals surface area (Å²) in [5.41, 5.74) is 8.19. The Balaban J connectivity index is 2.13.